The number of amides is 1. The lowest BCUT2D eigenvalue weighted by Gasteiger charge is -2.21. The number of carbonyl (C=O) groups is 2. The highest BCUT2D eigenvalue weighted by atomic mass is 32.1. The molecular formula is C18H18FN3O3S. The predicted molar refractivity (Wildman–Crippen MR) is 95.4 cm³/mol. The van der Waals surface area contributed by atoms with Gasteiger partial charge in [-0.25, -0.2) is 9.37 Å². The van der Waals surface area contributed by atoms with Gasteiger partial charge in [0.05, 0.1) is 18.2 Å². The molecule has 2 bridgehead atoms. The molecule has 136 valence electrons. The molecule has 0 radical (unpaired) electrons. The summed E-state index contributed by atoms with van der Waals surface area (Å²) in [5.74, 6) is -1.64. The number of nitrogens with one attached hydrogen (secondary N) is 1. The molecule has 0 aliphatic carbocycles. The number of rotatable bonds is 5. The van der Waals surface area contributed by atoms with Crippen molar-refractivity contribution in [2.45, 2.75) is 31.3 Å². The minimum Gasteiger partial charge on any atom is -0.481 e. The minimum absolute atomic E-state index is 0.0469. The summed E-state index contributed by atoms with van der Waals surface area (Å²) < 4.78 is 13.0. The van der Waals surface area contributed by atoms with Crippen LogP contribution in [0.5, 0.6) is 0 Å². The largest absolute Gasteiger partial charge is 0.481 e. The zero-order valence-electron chi connectivity index (χ0n) is 13.9. The highest BCUT2D eigenvalue weighted by molar-refractivity contribution is 7.14. The van der Waals surface area contributed by atoms with Crippen LogP contribution in [0.25, 0.3) is 11.3 Å². The smallest absolute Gasteiger partial charge is 0.308 e. The number of thiazole rings is 1. The normalized spacial score (nSPS) is 24.7. The molecule has 3 heterocycles. The van der Waals surface area contributed by atoms with Gasteiger partial charge >= 0.3 is 5.97 Å². The Morgan fingerprint density at radius 1 is 1.31 bits per heavy atom. The van der Waals surface area contributed by atoms with Crippen LogP contribution in [0, 0.1) is 11.7 Å². The molecule has 0 saturated carbocycles. The highest BCUT2D eigenvalue weighted by Gasteiger charge is 2.49. The van der Waals surface area contributed by atoms with Crippen molar-refractivity contribution in [1.29, 1.82) is 0 Å². The second-order valence-corrected chi connectivity index (χ2v) is 7.60. The number of nitrogens with zero attached hydrogens (tertiary/aromatic N) is 2. The SMILES string of the molecule is O=C(CN1C2CCC1C(C(=O)O)C2)Nc1nc(-c2ccc(F)cc2)cs1. The second kappa shape index (κ2) is 6.77. The van der Waals surface area contributed by atoms with E-state index in [1.165, 1.54) is 23.5 Å². The molecular weight excluding hydrogens is 357 g/mol. The number of benzene rings is 1. The summed E-state index contributed by atoms with van der Waals surface area (Å²) in [6, 6.07) is 6.16. The van der Waals surface area contributed by atoms with Gasteiger partial charge in [-0.15, -0.1) is 11.3 Å². The lowest BCUT2D eigenvalue weighted by molar-refractivity contribution is -0.142. The molecule has 3 unspecified atom stereocenters. The molecule has 8 heteroatoms. The Hall–Kier alpha value is -2.32. The maximum absolute atomic E-state index is 13.0. The maximum Gasteiger partial charge on any atom is 0.308 e. The number of hydrogen-bond donors (Lipinski definition) is 2. The summed E-state index contributed by atoms with van der Waals surface area (Å²) >= 11 is 1.31. The van der Waals surface area contributed by atoms with Crippen molar-refractivity contribution in [3.05, 3.63) is 35.5 Å². The van der Waals surface area contributed by atoms with Crippen molar-refractivity contribution in [3.63, 3.8) is 0 Å². The number of aromatic nitrogens is 1. The number of carbonyl (C=O) groups excluding carboxylic acids is 1. The summed E-state index contributed by atoms with van der Waals surface area (Å²) in [4.78, 5) is 30.1. The van der Waals surface area contributed by atoms with E-state index >= 15 is 0 Å². The topological polar surface area (TPSA) is 82.5 Å². The van der Waals surface area contributed by atoms with Crippen molar-refractivity contribution in [3.8, 4) is 11.3 Å². The van der Waals surface area contributed by atoms with Crippen LogP contribution in [0.4, 0.5) is 9.52 Å². The lowest BCUT2D eigenvalue weighted by Crippen LogP contribution is -2.38. The molecule has 4 rings (SSSR count). The summed E-state index contributed by atoms with van der Waals surface area (Å²) in [5.41, 5.74) is 1.46. The fourth-order valence-corrected chi connectivity index (χ4v) is 4.76. The van der Waals surface area contributed by atoms with Gasteiger partial charge in [-0.2, -0.15) is 0 Å². The maximum atomic E-state index is 13.0. The number of fused-ring (bicyclic) bond motifs is 2. The standard InChI is InChI=1S/C18H18FN3O3S/c19-11-3-1-10(2-4-11)14-9-26-18(20-14)21-16(23)8-22-12-5-6-15(22)13(7-12)17(24)25/h1-4,9,12-13,15H,5-8H2,(H,24,25)(H,20,21,23). The molecule has 2 N–H and O–H groups in total. The number of carboxylic acids is 1. The fraction of sp³-hybridized carbons (Fsp3) is 0.389. The summed E-state index contributed by atoms with van der Waals surface area (Å²) in [6.07, 6.45) is 2.41. The Bertz CT molecular complexity index is 838. The quantitative estimate of drug-likeness (QED) is 0.840. The van der Waals surface area contributed by atoms with Gasteiger partial charge < -0.3 is 10.4 Å². The van der Waals surface area contributed by atoms with Gasteiger partial charge in [0, 0.05) is 23.0 Å². The van der Waals surface area contributed by atoms with Crippen molar-refractivity contribution in [2.75, 3.05) is 11.9 Å². The van der Waals surface area contributed by atoms with Crippen LogP contribution >= 0.6 is 11.3 Å². The third-order valence-corrected chi connectivity index (χ3v) is 5.97. The van der Waals surface area contributed by atoms with Gasteiger partial charge in [0.25, 0.3) is 0 Å². The first-order chi connectivity index (χ1) is 12.5. The molecule has 2 fully saturated rings. The Morgan fingerprint density at radius 2 is 2.08 bits per heavy atom. The van der Waals surface area contributed by atoms with Gasteiger partial charge in [0.1, 0.15) is 5.82 Å². The number of halogens is 1. The second-order valence-electron chi connectivity index (χ2n) is 6.74. The highest BCUT2D eigenvalue weighted by Crippen LogP contribution is 2.41. The van der Waals surface area contributed by atoms with E-state index in [0.29, 0.717) is 17.2 Å². The third kappa shape index (κ3) is 3.22. The fourth-order valence-electron chi connectivity index (χ4n) is 4.02. The van der Waals surface area contributed by atoms with Crippen LogP contribution in [0.15, 0.2) is 29.6 Å². The van der Waals surface area contributed by atoms with E-state index in [-0.39, 0.29) is 36.3 Å². The van der Waals surface area contributed by atoms with E-state index in [0.717, 1.165) is 18.4 Å². The monoisotopic (exact) mass is 375 g/mol. The molecule has 2 aliphatic rings. The summed E-state index contributed by atoms with van der Waals surface area (Å²) in [5, 5.41) is 14.4. The minimum atomic E-state index is -0.772. The number of carboxylic acid groups (broad SMARTS) is 1. The number of anilines is 1. The van der Waals surface area contributed by atoms with E-state index in [1.807, 2.05) is 10.3 Å². The first-order valence-electron chi connectivity index (χ1n) is 8.51. The van der Waals surface area contributed by atoms with Gasteiger partial charge in [-0.3, -0.25) is 14.5 Å². The summed E-state index contributed by atoms with van der Waals surface area (Å²) in [6.45, 7) is 0.185. The van der Waals surface area contributed by atoms with Crippen LogP contribution in [-0.2, 0) is 9.59 Å². The van der Waals surface area contributed by atoms with Crippen LogP contribution < -0.4 is 5.32 Å². The molecule has 1 aromatic heterocycles. The molecule has 1 amide bonds. The zero-order chi connectivity index (χ0) is 18.3. The molecule has 2 aromatic rings. The van der Waals surface area contributed by atoms with Crippen LogP contribution in [-0.4, -0.2) is 45.5 Å². The van der Waals surface area contributed by atoms with Crippen LogP contribution in [0.2, 0.25) is 0 Å². The van der Waals surface area contributed by atoms with Gasteiger partial charge in [0.2, 0.25) is 5.91 Å². The first kappa shape index (κ1) is 17.1. The molecule has 2 saturated heterocycles. The average Bonchev–Trinajstić information content (AvgIpc) is 3.31. The van der Waals surface area contributed by atoms with E-state index in [9.17, 15) is 19.1 Å². The first-order valence-corrected chi connectivity index (χ1v) is 9.39. The van der Waals surface area contributed by atoms with E-state index in [2.05, 4.69) is 10.3 Å². The molecule has 0 spiro atoms. The molecule has 26 heavy (non-hydrogen) atoms. The summed E-state index contributed by atoms with van der Waals surface area (Å²) in [7, 11) is 0. The van der Waals surface area contributed by atoms with E-state index in [4.69, 9.17) is 0 Å². The molecule has 3 atom stereocenters. The van der Waals surface area contributed by atoms with Crippen LogP contribution in [0.1, 0.15) is 19.3 Å². The molecule has 2 aliphatic heterocycles. The van der Waals surface area contributed by atoms with Gasteiger partial charge in [0.15, 0.2) is 5.13 Å². The Morgan fingerprint density at radius 3 is 2.77 bits per heavy atom. The van der Waals surface area contributed by atoms with Crippen molar-refractivity contribution in [1.82, 2.24) is 9.88 Å². The van der Waals surface area contributed by atoms with Crippen LogP contribution in [0.3, 0.4) is 0 Å². The van der Waals surface area contributed by atoms with Crippen molar-refractivity contribution < 1.29 is 19.1 Å². The Labute approximate surface area is 153 Å². The van der Waals surface area contributed by atoms with E-state index < -0.39 is 5.97 Å². The Kier molecular flexibility index (Phi) is 4.46. The number of aliphatic carboxylic acids is 1. The zero-order valence-corrected chi connectivity index (χ0v) is 14.7. The van der Waals surface area contributed by atoms with E-state index in [1.54, 1.807) is 12.1 Å². The molecule has 6 nitrogen and oxygen atoms in total. The number of hydrogen-bond acceptors (Lipinski definition) is 5. The third-order valence-electron chi connectivity index (χ3n) is 5.22. The average molecular weight is 375 g/mol. The van der Waals surface area contributed by atoms with Gasteiger partial charge in [-0.05, 0) is 43.5 Å². The molecule has 1 aromatic carbocycles. The van der Waals surface area contributed by atoms with Gasteiger partial charge in [-0.1, -0.05) is 0 Å². The lowest BCUT2D eigenvalue weighted by atomic mass is 9.89. The predicted octanol–water partition coefficient (Wildman–Crippen LogP) is 2.83. The van der Waals surface area contributed by atoms with Crippen molar-refractivity contribution in [2.24, 2.45) is 5.92 Å². The van der Waals surface area contributed by atoms with Crippen molar-refractivity contribution >= 4 is 28.3 Å². The Balaban J connectivity index is 1.39.